The van der Waals surface area contributed by atoms with E-state index in [1.54, 1.807) is 29.6 Å². The number of rotatable bonds is 10. The average molecular weight is 742 g/mol. The Labute approximate surface area is 294 Å². The normalized spacial score (nSPS) is 12.2. The largest absolute Gasteiger partial charge is 0.422 e. The highest BCUT2D eigenvalue weighted by Gasteiger charge is 2.43. The highest BCUT2D eigenvalue weighted by molar-refractivity contribution is 8.00. The van der Waals surface area contributed by atoms with Crippen molar-refractivity contribution in [2.24, 2.45) is 0 Å². The van der Waals surface area contributed by atoms with E-state index in [9.17, 15) is 49.5 Å². The molecule has 0 heterocycles. The van der Waals surface area contributed by atoms with E-state index >= 15 is 0 Å². The van der Waals surface area contributed by atoms with Crippen LogP contribution in [0, 0.1) is 29.1 Å². The first-order valence-electron chi connectivity index (χ1n) is 14.9. The lowest BCUT2D eigenvalue weighted by atomic mass is 10.1. The van der Waals surface area contributed by atoms with Gasteiger partial charge >= 0.3 is 6.18 Å². The summed E-state index contributed by atoms with van der Waals surface area (Å²) in [6.45, 7) is 0. The van der Waals surface area contributed by atoms with Crippen LogP contribution in [0.15, 0.2) is 120 Å². The standard InChI is InChI=1S/C37H23F8N3O3S/c38-23-13-11-20(12-14-23)19-26(47-34(49)22-9-5-2-6-10-22)35(50)46-24-15-17-25(18-16-24)52-33(21-7-3-1-4-8-21)36(51)48-32-30(41)28(39)27(37(43,44)45)29(40)31(32)42/h1-19,33H,(H,46,50)(H,47,49)(H,48,51)/b26-19-. The zero-order valence-electron chi connectivity index (χ0n) is 26.2. The smallest absolute Gasteiger partial charge is 0.321 e. The zero-order chi connectivity index (χ0) is 37.6. The second-order valence-electron chi connectivity index (χ2n) is 10.8. The third-order valence-electron chi connectivity index (χ3n) is 7.21. The van der Waals surface area contributed by atoms with E-state index < -0.39 is 69.5 Å². The zero-order valence-corrected chi connectivity index (χ0v) is 27.0. The molecule has 0 fully saturated rings. The summed E-state index contributed by atoms with van der Waals surface area (Å²) in [5.74, 6) is -13.4. The first-order valence-corrected chi connectivity index (χ1v) is 15.8. The summed E-state index contributed by atoms with van der Waals surface area (Å²) in [4.78, 5) is 39.9. The molecular formula is C37H23F8N3O3S. The molecule has 0 bridgehead atoms. The van der Waals surface area contributed by atoms with Crippen molar-refractivity contribution in [3.05, 3.63) is 166 Å². The minimum absolute atomic E-state index is 0.185. The number of halogens is 8. The fourth-order valence-electron chi connectivity index (χ4n) is 4.70. The molecule has 3 N–H and O–H groups in total. The Morgan fingerprint density at radius 3 is 1.77 bits per heavy atom. The van der Waals surface area contributed by atoms with E-state index in [0.717, 1.165) is 11.8 Å². The maximum atomic E-state index is 14.6. The highest BCUT2D eigenvalue weighted by Crippen LogP contribution is 2.40. The number of benzene rings is 5. The number of carbonyl (C=O) groups is 3. The lowest BCUT2D eigenvalue weighted by molar-refractivity contribution is -0.143. The van der Waals surface area contributed by atoms with Crippen molar-refractivity contribution in [2.45, 2.75) is 16.3 Å². The second kappa shape index (κ2) is 15.9. The third kappa shape index (κ3) is 8.84. The minimum Gasteiger partial charge on any atom is -0.321 e. The molecule has 5 rings (SSSR count). The molecule has 6 nitrogen and oxygen atoms in total. The fraction of sp³-hybridized carbons (Fsp3) is 0.0541. The summed E-state index contributed by atoms with van der Waals surface area (Å²) in [5, 5.41) is 5.49. The number of carbonyl (C=O) groups excluding carboxylic acids is 3. The van der Waals surface area contributed by atoms with Crippen molar-refractivity contribution in [3.8, 4) is 0 Å². The van der Waals surface area contributed by atoms with Gasteiger partial charge in [-0.3, -0.25) is 14.4 Å². The molecule has 0 aliphatic rings. The molecular weight excluding hydrogens is 718 g/mol. The van der Waals surface area contributed by atoms with Gasteiger partial charge in [-0.2, -0.15) is 13.2 Å². The average Bonchev–Trinajstić information content (AvgIpc) is 3.13. The van der Waals surface area contributed by atoms with Crippen molar-refractivity contribution in [2.75, 3.05) is 10.6 Å². The van der Waals surface area contributed by atoms with Gasteiger partial charge in [-0.25, -0.2) is 22.0 Å². The number of amides is 3. The van der Waals surface area contributed by atoms with Crippen LogP contribution in [0.4, 0.5) is 46.5 Å². The molecule has 0 spiro atoms. The monoisotopic (exact) mass is 741 g/mol. The number of anilines is 2. The molecule has 0 aliphatic heterocycles. The van der Waals surface area contributed by atoms with E-state index in [1.165, 1.54) is 91.0 Å². The Hall–Kier alpha value is -5.96. The Kier molecular flexibility index (Phi) is 11.4. The molecule has 5 aromatic rings. The molecule has 52 heavy (non-hydrogen) atoms. The van der Waals surface area contributed by atoms with Crippen LogP contribution in [0.25, 0.3) is 6.08 Å². The summed E-state index contributed by atoms with van der Waals surface area (Å²) < 4.78 is 110. The van der Waals surface area contributed by atoms with Gasteiger partial charge in [-0.05, 0) is 65.7 Å². The quantitative estimate of drug-likeness (QED) is 0.0577. The van der Waals surface area contributed by atoms with Gasteiger partial charge in [0, 0.05) is 16.1 Å². The van der Waals surface area contributed by atoms with E-state index in [1.807, 2.05) is 0 Å². The van der Waals surface area contributed by atoms with Crippen LogP contribution >= 0.6 is 11.8 Å². The van der Waals surface area contributed by atoms with Crippen molar-refractivity contribution in [1.82, 2.24) is 5.32 Å². The predicted molar refractivity (Wildman–Crippen MR) is 178 cm³/mol. The third-order valence-corrected chi connectivity index (χ3v) is 8.48. The molecule has 0 radical (unpaired) electrons. The maximum absolute atomic E-state index is 14.6. The lowest BCUT2D eigenvalue weighted by Gasteiger charge is -2.19. The van der Waals surface area contributed by atoms with E-state index in [4.69, 9.17) is 0 Å². The van der Waals surface area contributed by atoms with Crippen LogP contribution in [-0.4, -0.2) is 17.7 Å². The molecule has 0 aromatic heterocycles. The Bertz CT molecular complexity index is 2100. The van der Waals surface area contributed by atoms with Crippen molar-refractivity contribution in [3.63, 3.8) is 0 Å². The topological polar surface area (TPSA) is 87.3 Å². The van der Waals surface area contributed by atoms with Crippen molar-refractivity contribution in [1.29, 1.82) is 0 Å². The molecule has 1 unspecified atom stereocenters. The van der Waals surface area contributed by atoms with Gasteiger partial charge in [0.1, 0.15) is 28.0 Å². The molecule has 5 aromatic carbocycles. The van der Waals surface area contributed by atoms with Gasteiger partial charge < -0.3 is 16.0 Å². The van der Waals surface area contributed by atoms with Crippen LogP contribution < -0.4 is 16.0 Å². The summed E-state index contributed by atoms with van der Waals surface area (Å²) >= 11 is 0.803. The van der Waals surface area contributed by atoms with Crippen molar-refractivity contribution >= 4 is 46.9 Å². The minimum atomic E-state index is -5.76. The number of hydrogen-bond donors (Lipinski definition) is 3. The van der Waals surface area contributed by atoms with Gasteiger partial charge in [0.15, 0.2) is 23.3 Å². The van der Waals surface area contributed by atoms with Crippen LogP contribution in [0.3, 0.4) is 0 Å². The molecule has 0 saturated carbocycles. The molecule has 0 aliphatic carbocycles. The number of hydrogen-bond acceptors (Lipinski definition) is 4. The van der Waals surface area contributed by atoms with E-state index in [2.05, 4.69) is 10.6 Å². The number of nitrogens with one attached hydrogen (secondary N) is 3. The maximum Gasteiger partial charge on any atom is 0.422 e. The molecule has 0 saturated heterocycles. The summed E-state index contributed by atoms with van der Waals surface area (Å²) in [7, 11) is 0. The van der Waals surface area contributed by atoms with Gasteiger partial charge in [0.2, 0.25) is 5.91 Å². The Morgan fingerprint density at radius 1 is 0.654 bits per heavy atom. The fourth-order valence-corrected chi connectivity index (χ4v) is 5.72. The molecule has 266 valence electrons. The van der Waals surface area contributed by atoms with Gasteiger partial charge in [-0.1, -0.05) is 60.7 Å². The van der Waals surface area contributed by atoms with Crippen LogP contribution in [0.2, 0.25) is 0 Å². The lowest BCUT2D eigenvalue weighted by Crippen LogP contribution is -2.30. The number of alkyl halides is 3. The first kappa shape index (κ1) is 37.3. The van der Waals surface area contributed by atoms with Crippen molar-refractivity contribution < 1.29 is 49.5 Å². The number of thioether (sulfide) groups is 1. The molecule has 1 atom stereocenters. The van der Waals surface area contributed by atoms with E-state index in [-0.39, 0.29) is 22.5 Å². The van der Waals surface area contributed by atoms with Gasteiger partial charge in [-0.15, -0.1) is 11.8 Å². The highest BCUT2D eigenvalue weighted by atomic mass is 32.2. The van der Waals surface area contributed by atoms with Crippen LogP contribution in [0.1, 0.15) is 32.3 Å². The first-order chi connectivity index (χ1) is 24.7. The molecule has 15 heteroatoms. The Morgan fingerprint density at radius 2 is 1.21 bits per heavy atom. The summed E-state index contributed by atoms with van der Waals surface area (Å²) in [6.07, 6.45) is -4.42. The van der Waals surface area contributed by atoms with Gasteiger partial charge in [0.25, 0.3) is 11.8 Å². The molecule has 3 amide bonds. The second-order valence-corrected chi connectivity index (χ2v) is 12.0. The van der Waals surface area contributed by atoms with Crippen LogP contribution in [0.5, 0.6) is 0 Å². The summed E-state index contributed by atoms with van der Waals surface area (Å²) in [6, 6.07) is 26.5. The van der Waals surface area contributed by atoms with Crippen LogP contribution in [-0.2, 0) is 15.8 Å². The van der Waals surface area contributed by atoms with E-state index in [0.29, 0.717) is 10.5 Å². The summed E-state index contributed by atoms with van der Waals surface area (Å²) in [5.41, 5.74) is -3.57. The SMILES string of the molecule is O=C(Nc1ccc(SC(C(=O)Nc2c(F)c(F)c(C(F)(F)F)c(F)c2F)c2ccccc2)cc1)/C(=C/c1ccc(F)cc1)NC(=O)c1ccccc1. The van der Waals surface area contributed by atoms with Gasteiger partial charge in [0.05, 0.1) is 0 Å². The Balaban J connectivity index is 1.37. The predicted octanol–water partition coefficient (Wildman–Crippen LogP) is 9.28.